The summed E-state index contributed by atoms with van der Waals surface area (Å²) in [6.07, 6.45) is -4.25. The molecule has 14 heavy (non-hydrogen) atoms. The normalized spacial score (nSPS) is 14.6. The lowest BCUT2D eigenvalue weighted by atomic mass is 10.1. The molecule has 0 fully saturated rings. The van der Waals surface area contributed by atoms with Crippen molar-refractivity contribution in [1.82, 2.24) is 0 Å². The molecule has 0 aliphatic heterocycles. The van der Waals surface area contributed by atoms with Crippen LogP contribution >= 0.6 is 24.4 Å². The van der Waals surface area contributed by atoms with Crippen LogP contribution in [0.3, 0.4) is 0 Å². The number of rotatable bonds is 4. The van der Waals surface area contributed by atoms with Crippen molar-refractivity contribution in [2.24, 2.45) is 0 Å². The van der Waals surface area contributed by atoms with Gasteiger partial charge in [0, 0.05) is 16.7 Å². The molecule has 0 saturated heterocycles. The summed E-state index contributed by atoms with van der Waals surface area (Å²) in [6, 6.07) is 0. The molecule has 0 saturated carbocycles. The second-order valence-electron chi connectivity index (χ2n) is 3.18. The number of hydrogen-bond donors (Lipinski definition) is 2. The lowest BCUT2D eigenvalue weighted by Crippen LogP contribution is -2.22. The summed E-state index contributed by atoms with van der Waals surface area (Å²) in [5.41, 5.74) is -1.46. The lowest BCUT2D eigenvalue weighted by Gasteiger charge is -2.21. The Morgan fingerprint density at radius 1 is 1.43 bits per heavy atom. The topological polar surface area (TPSA) is 20.2 Å². The van der Waals surface area contributed by atoms with E-state index in [2.05, 4.69) is 12.6 Å². The molecule has 0 heterocycles. The first-order valence-corrected chi connectivity index (χ1v) is 5.54. The van der Waals surface area contributed by atoms with Crippen molar-refractivity contribution in [3.8, 4) is 0 Å². The van der Waals surface area contributed by atoms with Gasteiger partial charge in [0.25, 0.3) is 0 Å². The molecule has 0 rings (SSSR count). The van der Waals surface area contributed by atoms with E-state index >= 15 is 0 Å². The van der Waals surface area contributed by atoms with Gasteiger partial charge in [-0.3, -0.25) is 0 Å². The fourth-order valence-electron chi connectivity index (χ4n) is 0.699. The van der Waals surface area contributed by atoms with E-state index < -0.39 is 11.8 Å². The van der Waals surface area contributed by atoms with E-state index in [1.807, 2.05) is 0 Å². The van der Waals surface area contributed by atoms with E-state index in [0.717, 1.165) is 11.8 Å². The van der Waals surface area contributed by atoms with Crippen molar-refractivity contribution >= 4 is 24.4 Å². The number of thioether (sulfide) groups is 1. The minimum atomic E-state index is -4.39. The zero-order valence-electron chi connectivity index (χ0n) is 7.93. The summed E-state index contributed by atoms with van der Waals surface area (Å²) in [5, 5.41) is 9.45. The third-order valence-electron chi connectivity index (χ3n) is 1.25. The molecule has 0 spiro atoms. The minimum absolute atomic E-state index is 0.0842. The third-order valence-corrected chi connectivity index (χ3v) is 3.11. The van der Waals surface area contributed by atoms with Crippen molar-refractivity contribution in [1.29, 1.82) is 0 Å². The van der Waals surface area contributed by atoms with Crippen LogP contribution in [-0.4, -0.2) is 28.4 Å². The Balaban J connectivity index is 4.65. The molecule has 0 radical (unpaired) electrons. The Labute approximate surface area is 91.2 Å². The smallest absolute Gasteiger partial charge is 0.385 e. The van der Waals surface area contributed by atoms with Crippen LogP contribution in [-0.2, 0) is 0 Å². The highest BCUT2D eigenvalue weighted by molar-refractivity contribution is 8.03. The Morgan fingerprint density at radius 2 is 1.93 bits per heavy atom. The van der Waals surface area contributed by atoms with Gasteiger partial charge in [-0.15, -0.1) is 11.8 Å². The second-order valence-corrected chi connectivity index (χ2v) is 4.77. The number of allylic oxidation sites excluding steroid dienone is 1. The molecule has 6 heteroatoms. The predicted octanol–water partition coefficient (Wildman–Crippen LogP) is 2.87. The summed E-state index contributed by atoms with van der Waals surface area (Å²) in [5.74, 6) is 0.908. The third kappa shape index (κ3) is 6.62. The summed E-state index contributed by atoms with van der Waals surface area (Å²) < 4.78 is 36.1. The van der Waals surface area contributed by atoms with Gasteiger partial charge in [0.05, 0.1) is 5.60 Å². The lowest BCUT2D eigenvalue weighted by molar-refractivity contribution is -0.0814. The average Bonchev–Trinajstić information content (AvgIpc) is 1.93. The second kappa shape index (κ2) is 5.32. The number of thiol groups is 1. The zero-order valence-corrected chi connectivity index (χ0v) is 9.64. The molecule has 0 aromatic rings. The number of halogens is 3. The molecule has 0 atom stereocenters. The summed E-state index contributed by atoms with van der Waals surface area (Å²) >= 11 is 4.86. The summed E-state index contributed by atoms with van der Waals surface area (Å²) in [6.45, 7) is 2.66. The van der Waals surface area contributed by atoms with Gasteiger partial charge in [0.2, 0.25) is 0 Å². The maximum atomic E-state index is 12.0. The van der Waals surface area contributed by atoms with Crippen LogP contribution in [0.1, 0.15) is 13.8 Å². The molecule has 0 aromatic carbocycles. The van der Waals surface area contributed by atoms with Gasteiger partial charge in [-0.05, 0) is 19.6 Å². The van der Waals surface area contributed by atoms with Gasteiger partial charge in [-0.2, -0.15) is 25.8 Å². The maximum absolute atomic E-state index is 12.0. The molecule has 1 nitrogen and oxygen atoms in total. The Kier molecular flexibility index (Phi) is 5.39. The van der Waals surface area contributed by atoms with Crippen molar-refractivity contribution < 1.29 is 18.3 Å². The molecule has 0 aliphatic carbocycles. The molecular formula is C8H13F3OS2. The molecule has 1 N–H and O–H groups in total. The fourth-order valence-corrected chi connectivity index (χ4v) is 1.85. The van der Waals surface area contributed by atoms with E-state index in [9.17, 15) is 18.3 Å². The van der Waals surface area contributed by atoms with E-state index in [1.165, 1.54) is 13.8 Å². The van der Waals surface area contributed by atoms with Crippen LogP contribution in [0.2, 0.25) is 0 Å². The van der Waals surface area contributed by atoms with Crippen LogP contribution in [0.25, 0.3) is 0 Å². The molecule has 0 bridgehead atoms. The summed E-state index contributed by atoms with van der Waals surface area (Å²) in [4.78, 5) is -0.0842. The first kappa shape index (κ1) is 14.2. The largest absolute Gasteiger partial charge is 0.410 e. The molecule has 0 amide bonds. The van der Waals surface area contributed by atoms with E-state index in [0.29, 0.717) is 11.5 Å². The maximum Gasteiger partial charge on any atom is 0.410 e. The first-order valence-electron chi connectivity index (χ1n) is 3.93. The Hall–Kier alpha value is 0.190. The highest BCUT2D eigenvalue weighted by atomic mass is 32.2. The zero-order chi connectivity index (χ0) is 11.4. The molecule has 0 aliphatic rings. The molecule has 0 aromatic heterocycles. The Morgan fingerprint density at radius 3 is 2.21 bits per heavy atom. The number of aliphatic hydroxyl groups is 1. The van der Waals surface area contributed by atoms with Gasteiger partial charge in [0.15, 0.2) is 0 Å². The van der Waals surface area contributed by atoms with Crippen molar-refractivity contribution in [2.75, 3.05) is 11.5 Å². The van der Waals surface area contributed by atoms with Crippen molar-refractivity contribution in [2.45, 2.75) is 25.6 Å². The SMILES string of the molecule is CC(C)(O)C(=CC(F)(F)F)SCCS. The number of hydrogen-bond acceptors (Lipinski definition) is 3. The first-order chi connectivity index (χ1) is 6.17. The number of alkyl halides is 3. The van der Waals surface area contributed by atoms with Gasteiger partial charge in [-0.1, -0.05) is 0 Å². The van der Waals surface area contributed by atoms with Crippen molar-refractivity contribution in [3.63, 3.8) is 0 Å². The van der Waals surface area contributed by atoms with Crippen LogP contribution < -0.4 is 0 Å². The Bertz CT molecular complexity index is 206. The van der Waals surface area contributed by atoms with E-state index in [1.54, 1.807) is 0 Å². The highest BCUT2D eigenvalue weighted by Crippen LogP contribution is 2.32. The van der Waals surface area contributed by atoms with Gasteiger partial charge >= 0.3 is 6.18 Å². The van der Waals surface area contributed by atoms with Gasteiger partial charge in [-0.25, -0.2) is 0 Å². The van der Waals surface area contributed by atoms with Gasteiger partial charge in [0.1, 0.15) is 0 Å². The van der Waals surface area contributed by atoms with E-state index in [4.69, 9.17) is 0 Å². The van der Waals surface area contributed by atoms with Crippen molar-refractivity contribution in [3.05, 3.63) is 11.0 Å². The predicted molar refractivity (Wildman–Crippen MR) is 56.7 cm³/mol. The molecule has 84 valence electrons. The fraction of sp³-hybridized carbons (Fsp3) is 0.750. The minimum Gasteiger partial charge on any atom is -0.385 e. The quantitative estimate of drug-likeness (QED) is 0.744. The van der Waals surface area contributed by atoms with Crippen LogP contribution in [0.4, 0.5) is 13.2 Å². The van der Waals surface area contributed by atoms with E-state index in [-0.39, 0.29) is 11.0 Å². The van der Waals surface area contributed by atoms with Crippen LogP contribution in [0.5, 0.6) is 0 Å². The summed E-state index contributed by atoms with van der Waals surface area (Å²) in [7, 11) is 0. The molecule has 0 unspecified atom stereocenters. The average molecular weight is 246 g/mol. The van der Waals surface area contributed by atoms with Crippen LogP contribution in [0, 0.1) is 0 Å². The standard InChI is InChI=1S/C8H13F3OS2/c1-7(2,12)6(14-4-3-13)5-8(9,10)11/h5,12-13H,3-4H2,1-2H3. The monoisotopic (exact) mass is 246 g/mol. The highest BCUT2D eigenvalue weighted by Gasteiger charge is 2.29. The van der Waals surface area contributed by atoms with Crippen LogP contribution in [0.15, 0.2) is 11.0 Å². The molecular weight excluding hydrogens is 233 g/mol. The van der Waals surface area contributed by atoms with Gasteiger partial charge < -0.3 is 5.11 Å².